The van der Waals surface area contributed by atoms with Crippen molar-refractivity contribution in [3.63, 3.8) is 0 Å². The molecule has 0 amide bonds. The first kappa shape index (κ1) is 14.2. The molecular formula is C12H18N2O4S. The van der Waals surface area contributed by atoms with Gasteiger partial charge in [-0.05, 0) is 6.92 Å². The SMILES string of the molecule is CCOC(=O)Cc1csc(NCC2COCCO2)n1. The lowest BCUT2D eigenvalue weighted by Crippen LogP contribution is -2.34. The number of nitrogens with zero attached hydrogens (tertiary/aromatic N) is 1. The normalized spacial score (nSPS) is 19.1. The molecule has 0 spiro atoms. The van der Waals surface area contributed by atoms with Crippen molar-refractivity contribution < 1.29 is 19.0 Å². The van der Waals surface area contributed by atoms with E-state index in [4.69, 9.17) is 14.2 Å². The fraction of sp³-hybridized carbons (Fsp3) is 0.667. The highest BCUT2D eigenvalue weighted by atomic mass is 32.1. The molecule has 19 heavy (non-hydrogen) atoms. The largest absolute Gasteiger partial charge is 0.466 e. The van der Waals surface area contributed by atoms with Crippen molar-refractivity contribution in [3.05, 3.63) is 11.1 Å². The molecule has 0 aromatic carbocycles. The Morgan fingerprint density at radius 2 is 2.53 bits per heavy atom. The summed E-state index contributed by atoms with van der Waals surface area (Å²) < 4.78 is 15.7. The molecule has 106 valence electrons. The van der Waals surface area contributed by atoms with Gasteiger partial charge >= 0.3 is 5.97 Å². The summed E-state index contributed by atoms with van der Waals surface area (Å²) in [6.45, 7) is 4.75. The summed E-state index contributed by atoms with van der Waals surface area (Å²) in [5.74, 6) is -0.247. The third-order valence-electron chi connectivity index (χ3n) is 2.55. The van der Waals surface area contributed by atoms with Crippen LogP contribution in [0.5, 0.6) is 0 Å². The van der Waals surface area contributed by atoms with Crippen LogP contribution in [0.4, 0.5) is 5.13 Å². The maximum absolute atomic E-state index is 11.3. The van der Waals surface area contributed by atoms with Gasteiger partial charge in [0.25, 0.3) is 0 Å². The Morgan fingerprint density at radius 1 is 1.63 bits per heavy atom. The molecular weight excluding hydrogens is 268 g/mol. The number of esters is 1. The second-order valence-electron chi connectivity index (χ2n) is 4.07. The van der Waals surface area contributed by atoms with Crippen molar-refractivity contribution in [2.75, 3.05) is 38.3 Å². The topological polar surface area (TPSA) is 69.7 Å². The summed E-state index contributed by atoms with van der Waals surface area (Å²) in [5.41, 5.74) is 0.728. The number of hydrogen-bond donors (Lipinski definition) is 1. The Labute approximate surface area is 116 Å². The summed E-state index contributed by atoms with van der Waals surface area (Å²) in [5, 5.41) is 5.83. The van der Waals surface area contributed by atoms with E-state index >= 15 is 0 Å². The Kier molecular flexibility index (Phi) is 5.56. The van der Waals surface area contributed by atoms with Crippen LogP contribution in [-0.2, 0) is 25.4 Å². The molecule has 1 aliphatic heterocycles. The molecule has 1 saturated heterocycles. The third kappa shape index (κ3) is 4.77. The van der Waals surface area contributed by atoms with E-state index in [9.17, 15) is 4.79 Å². The molecule has 1 atom stereocenters. The Morgan fingerprint density at radius 3 is 3.26 bits per heavy atom. The summed E-state index contributed by atoms with van der Waals surface area (Å²) in [6, 6.07) is 0. The smallest absolute Gasteiger partial charge is 0.311 e. The van der Waals surface area contributed by atoms with Crippen LogP contribution >= 0.6 is 11.3 Å². The minimum Gasteiger partial charge on any atom is -0.466 e. The fourth-order valence-corrected chi connectivity index (χ4v) is 2.41. The van der Waals surface area contributed by atoms with Gasteiger partial charge in [-0.3, -0.25) is 4.79 Å². The molecule has 2 rings (SSSR count). The number of hydrogen-bond acceptors (Lipinski definition) is 7. The van der Waals surface area contributed by atoms with Crippen molar-refractivity contribution >= 4 is 22.4 Å². The minimum atomic E-state index is -0.247. The van der Waals surface area contributed by atoms with Crippen LogP contribution in [0.2, 0.25) is 0 Å². The van der Waals surface area contributed by atoms with E-state index in [0.29, 0.717) is 33.0 Å². The molecule has 0 aliphatic carbocycles. The molecule has 1 unspecified atom stereocenters. The van der Waals surface area contributed by atoms with Gasteiger partial charge in [-0.1, -0.05) is 0 Å². The van der Waals surface area contributed by atoms with E-state index in [2.05, 4.69) is 10.3 Å². The number of carbonyl (C=O) groups excluding carboxylic acids is 1. The van der Waals surface area contributed by atoms with Crippen LogP contribution in [0, 0.1) is 0 Å². The van der Waals surface area contributed by atoms with Gasteiger partial charge in [-0.2, -0.15) is 0 Å². The second kappa shape index (κ2) is 7.42. The van der Waals surface area contributed by atoms with Gasteiger partial charge in [-0.25, -0.2) is 4.98 Å². The number of aromatic nitrogens is 1. The summed E-state index contributed by atoms with van der Waals surface area (Å²) in [4.78, 5) is 15.6. The molecule has 1 N–H and O–H groups in total. The number of rotatable bonds is 6. The number of ether oxygens (including phenoxy) is 3. The van der Waals surface area contributed by atoms with Crippen LogP contribution < -0.4 is 5.32 Å². The molecule has 1 fully saturated rings. The average Bonchev–Trinajstić information content (AvgIpc) is 2.85. The van der Waals surface area contributed by atoms with Gasteiger partial charge in [0.1, 0.15) is 0 Å². The maximum atomic E-state index is 11.3. The second-order valence-corrected chi connectivity index (χ2v) is 4.93. The maximum Gasteiger partial charge on any atom is 0.311 e. The quantitative estimate of drug-likeness (QED) is 0.789. The highest BCUT2D eigenvalue weighted by molar-refractivity contribution is 7.13. The minimum absolute atomic E-state index is 0.0613. The number of anilines is 1. The van der Waals surface area contributed by atoms with E-state index in [0.717, 1.165) is 10.8 Å². The van der Waals surface area contributed by atoms with E-state index < -0.39 is 0 Å². The number of carbonyl (C=O) groups is 1. The Bertz CT molecular complexity index is 404. The Balaban J connectivity index is 1.75. The first-order valence-electron chi connectivity index (χ1n) is 6.31. The van der Waals surface area contributed by atoms with Crippen LogP contribution in [0.3, 0.4) is 0 Å². The van der Waals surface area contributed by atoms with Gasteiger partial charge in [-0.15, -0.1) is 11.3 Å². The Hall–Kier alpha value is -1.18. The van der Waals surface area contributed by atoms with Gasteiger partial charge < -0.3 is 19.5 Å². The lowest BCUT2D eigenvalue weighted by molar-refractivity contribution is -0.142. The van der Waals surface area contributed by atoms with Gasteiger partial charge in [0.05, 0.1) is 44.6 Å². The summed E-state index contributed by atoms with van der Waals surface area (Å²) in [7, 11) is 0. The van der Waals surface area contributed by atoms with Gasteiger partial charge in [0.2, 0.25) is 0 Å². The van der Waals surface area contributed by atoms with Crippen molar-refractivity contribution in [1.29, 1.82) is 0 Å². The molecule has 0 bridgehead atoms. The third-order valence-corrected chi connectivity index (χ3v) is 3.40. The lowest BCUT2D eigenvalue weighted by Gasteiger charge is -2.22. The highest BCUT2D eigenvalue weighted by Crippen LogP contribution is 2.16. The number of thiazole rings is 1. The van der Waals surface area contributed by atoms with Crippen LogP contribution in [0.15, 0.2) is 5.38 Å². The predicted octanol–water partition coefficient (Wildman–Crippen LogP) is 1.08. The van der Waals surface area contributed by atoms with Crippen molar-refractivity contribution in [2.24, 2.45) is 0 Å². The molecule has 1 aromatic rings. The molecule has 7 heteroatoms. The standard InChI is InChI=1S/C12H18N2O4S/c1-2-17-11(15)5-9-8-19-12(14-9)13-6-10-7-16-3-4-18-10/h8,10H,2-7H2,1H3,(H,13,14). The van der Waals surface area contributed by atoms with E-state index in [1.165, 1.54) is 11.3 Å². The monoisotopic (exact) mass is 286 g/mol. The first-order chi connectivity index (χ1) is 9.28. The summed E-state index contributed by atoms with van der Waals surface area (Å²) >= 11 is 1.47. The molecule has 6 nitrogen and oxygen atoms in total. The number of nitrogens with one attached hydrogen (secondary N) is 1. The van der Waals surface area contributed by atoms with Crippen LogP contribution in [0.25, 0.3) is 0 Å². The van der Waals surface area contributed by atoms with Crippen LogP contribution in [0.1, 0.15) is 12.6 Å². The fourth-order valence-electron chi connectivity index (χ4n) is 1.68. The van der Waals surface area contributed by atoms with Crippen molar-refractivity contribution in [3.8, 4) is 0 Å². The zero-order chi connectivity index (χ0) is 13.5. The predicted molar refractivity (Wildman–Crippen MR) is 71.5 cm³/mol. The van der Waals surface area contributed by atoms with Gasteiger partial charge in [0, 0.05) is 11.9 Å². The molecule has 0 saturated carbocycles. The zero-order valence-electron chi connectivity index (χ0n) is 10.9. The molecule has 2 heterocycles. The van der Waals surface area contributed by atoms with Crippen molar-refractivity contribution in [1.82, 2.24) is 4.98 Å². The van der Waals surface area contributed by atoms with E-state index in [1.807, 2.05) is 5.38 Å². The van der Waals surface area contributed by atoms with Gasteiger partial charge in [0.15, 0.2) is 5.13 Å². The van der Waals surface area contributed by atoms with Crippen molar-refractivity contribution in [2.45, 2.75) is 19.4 Å². The van der Waals surface area contributed by atoms with E-state index in [1.54, 1.807) is 6.92 Å². The molecule has 1 aromatic heterocycles. The first-order valence-corrected chi connectivity index (χ1v) is 7.19. The summed E-state index contributed by atoms with van der Waals surface area (Å²) in [6.07, 6.45) is 0.279. The highest BCUT2D eigenvalue weighted by Gasteiger charge is 2.15. The van der Waals surface area contributed by atoms with E-state index in [-0.39, 0.29) is 18.5 Å². The lowest BCUT2D eigenvalue weighted by atomic mass is 10.3. The molecule has 0 radical (unpaired) electrons. The average molecular weight is 286 g/mol. The molecule has 1 aliphatic rings. The zero-order valence-corrected chi connectivity index (χ0v) is 11.7. The van der Waals surface area contributed by atoms with Crippen LogP contribution in [-0.4, -0.2) is 50.0 Å².